The molecule has 10 nitrogen and oxygen atoms in total. The zero-order valence-electron chi connectivity index (χ0n) is 21.4. The van der Waals surface area contributed by atoms with Gasteiger partial charge < -0.3 is 30.1 Å². The number of aliphatic hydroxyl groups is 4. The van der Waals surface area contributed by atoms with Gasteiger partial charge >= 0.3 is 0 Å². The zero-order chi connectivity index (χ0) is 28.3. The lowest BCUT2D eigenvalue weighted by Gasteiger charge is -2.38. The number of thiophene rings is 1. The van der Waals surface area contributed by atoms with E-state index in [1.165, 1.54) is 17.4 Å². The van der Waals surface area contributed by atoms with Crippen molar-refractivity contribution in [1.82, 2.24) is 4.72 Å². The number of ether oxygens (including phenoxy) is 1. The highest BCUT2D eigenvalue weighted by Crippen LogP contribution is 2.33. The molecule has 0 bridgehead atoms. The molecule has 1 aromatic heterocycles. The number of sulfonamides is 1. The van der Waals surface area contributed by atoms with E-state index in [-0.39, 0.29) is 0 Å². The second-order valence-corrected chi connectivity index (χ2v) is 12.0. The predicted octanol–water partition coefficient (Wildman–Crippen LogP) is 2.00. The van der Waals surface area contributed by atoms with Gasteiger partial charge in [0, 0.05) is 35.1 Å². The Bertz CT molecular complexity index is 1490. The standard InChI is InChI=1S/C27H31N3O7S2/c1-3-30(4-2)19-8-7-16-11-18(6-5-17(16)12-19)23-10-9-20(38-23)13-21(14-28)39(35,36)29-15-22-24(31)25(32)26(33)27(34)37-22/h5-13,22,24-27,29,31-34H,3-4,15H2,1-2H3/b21-13+/t22-,24-,25+,26-,27?/m1/s1. The molecule has 1 fully saturated rings. The minimum absolute atomic E-state index is 0.536. The molecule has 2 heterocycles. The van der Waals surface area contributed by atoms with Gasteiger partial charge in [0.1, 0.15) is 30.5 Å². The van der Waals surface area contributed by atoms with E-state index in [0.29, 0.717) is 4.88 Å². The number of anilines is 1. The molecule has 4 rings (SSSR count). The van der Waals surface area contributed by atoms with E-state index in [1.807, 2.05) is 12.1 Å². The third-order valence-electron chi connectivity index (χ3n) is 6.70. The van der Waals surface area contributed by atoms with Gasteiger partial charge in [0.05, 0.1) is 0 Å². The molecule has 5 atom stereocenters. The molecule has 0 saturated carbocycles. The number of rotatable bonds is 9. The average Bonchev–Trinajstić information content (AvgIpc) is 3.41. The Morgan fingerprint density at radius 1 is 1.03 bits per heavy atom. The van der Waals surface area contributed by atoms with Crippen molar-refractivity contribution >= 4 is 43.9 Å². The van der Waals surface area contributed by atoms with Crippen LogP contribution in [0.1, 0.15) is 18.7 Å². The van der Waals surface area contributed by atoms with Crippen LogP contribution in [0.2, 0.25) is 0 Å². The van der Waals surface area contributed by atoms with Gasteiger partial charge in [0.15, 0.2) is 11.2 Å². The Kier molecular flexibility index (Phi) is 9.05. The first-order valence-electron chi connectivity index (χ1n) is 12.5. The van der Waals surface area contributed by atoms with Crippen LogP contribution in [0.5, 0.6) is 0 Å². The largest absolute Gasteiger partial charge is 0.388 e. The molecule has 5 N–H and O–H groups in total. The molecule has 3 aromatic rings. The molecule has 0 radical (unpaired) electrons. The Morgan fingerprint density at radius 3 is 2.41 bits per heavy atom. The third kappa shape index (κ3) is 6.32. The molecule has 2 aromatic carbocycles. The van der Waals surface area contributed by atoms with Crippen LogP contribution in [0.15, 0.2) is 53.4 Å². The minimum atomic E-state index is -4.31. The number of nitrogens with one attached hydrogen (secondary N) is 1. The smallest absolute Gasteiger partial charge is 0.250 e. The van der Waals surface area contributed by atoms with Crippen LogP contribution in [0, 0.1) is 11.3 Å². The second-order valence-electron chi connectivity index (χ2n) is 9.13. The van der Waals surface area contributed by atoms with E-state index in [9.17, 15) is 34.1 Å². The molecule has 0 aliphatic carbocycles. The SMILES string of the molecule is CCN(CC)c1ccc2cc(-c3ccc(/C=C(\C#N)S(=O)(=O)NC[C@H]4OC(O)[C@H](O)[C@@H](O)[C@@H]4O)s3)ccc2c1. The predicted molar refractivity (Wildman–Crippen MR) is 150 cm³/mol. The average molecular weight is 574 g/mol. The Balaban J connectivity index is 1.50. The van der Waals surface area contributed by atoms with Crippen molar-refractivity contribution in [2.75, 3.05) is 24.5 Å². The van der Waals surface area contributed by atoms with E-state index in [4.69, 9.17) is 4.74 Å². The number of nitriles is 1. The fraction of sp³-hybridized carbons (Fsp3) is 0.370. The van der Waals surface area contributed by atoms with Crippen molar-refractivity contribution < 1.29 is 33.6 Å². The lowest BCUT2D eigenvalue weighted by atomic mass is 9.99. The maximum Gasteiger partial charge on any atom is 0.250 e. The maximum absolute atomic E-state index is 12.8. The molecule has 39 heavy (non-hydrogen) atoms. The summed E-state index contributed by atoms with van der Waals surface area (Å²) in [5, 5.41) is 50.8. The third-order valence-corrected chi connectivity index (χ3v) is 9.11. The summed E-state index contributed by atoms with van der Waals surface area (Å²) in [5.74, 6) is 0. The van der Waals surface area contributed by atoms with Crippen LogP contribution in [0.25, 0.3) is 27.3 Å². The van der Waals surface area contributed by atoms with Crippen LogP contribution < -0.4 is 9.62 Å². The summed E-state index contributed by atoms with van der Waals surface area (Å²) >= 11 is 1.33. The van der Waals surface area contributed by atoms with Crippen molar-refractivity contribution in [3.05, 3.63) is 58.3 Å². The Hall–Kier alpha value is -2.86. The van der Waals surface area contributed by atoms with Gasteiger partial charge in [-0.2, -0.15) is 5.26 Å². The van der Waals surface area contributed by atoms with Crippen molar-refractivity contribution in [2.45, 2.75) is 44.6 Å². The summed E-state index contributed by atoms with van der Waals surface area (Å²) in [7, 11) is -4.31. The molecule has 1 unspecified atom stereocenters. The first-order valence-corrected chi connectivity index (χ1v) is 14.8. The summed E-state index contributed by atoms with van der Waals surface area (Å²) in [4.78, 5) is 3.18. The Labute approximate surface area is 231 Å². The molecule has 208 valence electrons. The Morgan fingerprint density at radius 2 is 1.72 bits per heavy atom. The fourth-order valence-corrected chi connectivity index (χ4v) is 6.39. The second kappa shape index (κ2) is 12.1. The van der Waals surface area contributed by atoms with Gasteiger partial charge in [-0.25, -0.2) is 13.1 Å². The highest BCUT2D eigenvalue weighted by atomic mass is 32.2. The highest BCUT2D eigenvalue weighted by molar-refractivity contribution is 7.93. The monoisotopic (exact) mass is 573 g/mol. The number of fused-ring (bicyclic) bond motifs is 1. The first kappa shape index (κ1) is 29.1. The van der Waals surface area contributed by atoms with Crippen molar-refractivity contribution in [3.63, 3.8) is 0 Å². The van der Waals surface area contributed by atoms with Crippen LogP contribution in [-0.2, 0) is 14.8 Å². The number of nitrogens with zero attached hydrogens (tertiary/aromatic N) is 2. The van der Waals surface area contributed by atoms with Crippen LogP contribution >= 0.6 is 11.3 Å². The van der Waals surface area contributed by atoms with E-state index < -0.39 is 52.2 Å². The highest BCUT2D eigenvalue weighted by Gasteiger charge is 2.43. The number of benzene rings is 2. The topological polar surface area (TPSA) is 163 Å². The number of aliphatic hydroxyl groups excluding tert-OH is 4. The van der Waals surface area contributed by atoms with E-state index in [0.717, 1.165) is 40.0 Å². The summed E-state index contributed by atoms with van der Waals surface area (Å²) in [6.45, 7) is 5.56. The van der Waals surface area contributed by atoms with Crippen molar-refractivity contribution in [1.29, 1.82) is 5.26 Å². The van der Waals surface area contributed by atoms with Gasteiger partial charge in [-0.05, 0) is 66.6 Å². The van der Waals surface area contributed by atoms with Crippen molar-refractivity contribution in [3.8, 4) is 16.5 Å². The number of hydrogen-bond donors (Lipinski definition) is 5. The van der Waals surface area contributed by atoms with E-state index in [2.05, 4.69) is 53.8 Å². The molecular formula is C27H31N3O7S2. The number of allylic oxidation sites excluding steroid dienone is 1. The van der Waals surface area contributed by atoms with Gasteiger partial charge in [-0.3, -0.25) is 0 Å². The van der Waals surface area contributed by atoms with Crippen LogP contribution in [-0.4, -0.2) is 79.2 Å². The fourth-order valence-electron chi connectivity index (χ4n) is 4.43. The summed E-state index contributed by atoms with van der Waals surface area (Å²) < 4.78 is 32.7. The summed E-state index contributed by atoms with van der Waals surface area (Å²) in [6.07, 6.45) is -6.99. The van der Waals surface area contributed by atoms with Gasteiger partial charge in [-0.1, -0.05) is 18.2 Å². The van der Waals surface area contributed by atoms with Gasteiger partial charge in [0.25, 0.3) is 10.0 Å². The molecule has 0 amide bonds. The normalized spacial score (nSPS) is 24.0. The maximum atomic E-state index is 12.8. The molecular weight excluding hydrogens is 542 g/mol. The van der Waals surface area contributed by atoms with E-state index in [1.54, 1.807) is 12.1 Å². The zero-order valence-corrected chi connectivity index (χ0v) is 23.1. The first-order chi connectivity index (χ1) is 18.6. The summed E-state index contributed by atoms with van der Waals surface area (Å²) in [5.41, 5.74) is 2.13. The molecule has 1 saturated heterocycles. The van der Waals surface area contributed by atoms with Crippen LogP contribution in [0.3, 0.4) is 0 Å². The van der Waals surface area contributed by atoms with Crippen LogP contribution in [0.4, 0.5) is 5.69 Å². The molecule has 0 spiro atoms. The lowest BCUT2D eigenvalue weighted by molar-refractivity contribution is -0.279. The minimum Gasteiger partial charge on any atom is -0.388 e. The van der Waals surface area contributed by atoms with Crippen molar-refractivity contribution in [2.24, 2.45) is 0 Å². The molecule has 1 aliphatic rings. The lowest BCUT2D eigenvalue weighted by Crippen LogP contribution is -2.59. The van der Waals surface area contributed by atoms with Gasteiger partial charge in [-0.15, -0.1) is 11.3 Å². The quantitative estimate of drug-likeness (QED) is 0.241. The number of hydrogen-bond acceptors (Lipinski definition) is 10. The summed E-state index contributed by atoms with van der Waals surface area (Å²) in [6, 6.07) is 17.7. The van der Waals surface area contributed by atoms with Gasteiger partial charge in [0.2, 0.25) is 0 Å². The molecule has 12 heteroatoms. The molecule has 1 aliphatic heterocycles. The van der Waals surface area contributed by atoms with E-state index >= 15 is 0 Å².